The highest BCUT2D eigenvalue weighted by Gasteiger charge is 2.27. The molecule has 88 valence electrons. The molecule has 3 atom stereocenters. The van der Waals surface area contributed by atoms with Crippen molar-refractivity contribution in [2.45, 2.75) is 25.1 Å². The third-order valence-electron chi connectivity index (χ3n) is 2.88. The van der Waals surface area contributed by atoms with Gasteiger partial charge in [0.15, 0.2) is 0 Å². The maximum absolute atomic E-state index is 9.62. The van der Waals surface area contributed by atoms with Gasteiger partial charge in [-0.25, -0.2) is 0 Å². The van der Waals surface area contributed by atoms with Crippen LogP contribution in [0.2, 0.25) is 5.02 Å². The molecule has 0 bridgehead atoms. The summed E-state index contributed by atoms with van der Waals surface area (Å²) in [7, 11) is 0. The Morgan fingerprint density at radius 3 is 2.62 bits per heavy atom. The van der Waals surface area contributed by atoms with Crippen LogP contribution in [-0.4, -0.2) is 30.5 Å². The van der Waals surface area contributed by atoms with Gasteiger partial charge in [-0.15, -0.1) is 0 Å². The van der Waals surface area contributed by atoms with E-state index in [1.165, 1.54) is 0 Å². The number of nitrogens with one attached hydrogen (secondary N) is 1. The minimum Gasteiger partial charge on any atom is -0.389 e. The van der Waals surface area contributed by atoms with E-state index >= 15 is 0 Å². The largest absolute Gasteiger partial charge is 0.389 e. The molecule has 3 nitrogen and oxygen atoms in total. The van der Waals surface area contributed by atoms with Crippen LogP contribution in [-0.2, 0) is 4.74 Å². The molecule has 1 aliphatic rings. The molecular weight excluding hydrogens is 226 g/mol. The van der Waals surface area contributed by atoms with Crippen molar-refractivity contribution in [3.63, 3.8) is 0 Å². The van der Waals surface area contributed by atoms with Gasteiger partial charge in [-0.05, 0) is 24.6 Å². The van der Waals surface area contributed by atoms with E-state index in [4.69, 9.17) is 16.3 Å². The highest BCUT2D eigenvalue weighted by atomic mass is 35.5. The Morgan fingerprint density at radius 1 is 1.38 bits per heavy atom. The molecule has 16 heavy (non-hydrogen) atoms. The van der Waals surface area contributed by atoms with Gasteiger partial charge in [-0.2, -0.15) is 0 Å². The van der Waals surface area contributed by atoms with E-state index in [-0.39, 0.29) is 12.1 Å². The predicted octanol–water partition coefficient (Wildman–Crippen LogP) is 1.75. The van der Waals surface area contributed by atoms with E-state index in [2.05, 4.69) is 12.2 Å². The zero-order valence-corrected chi connectivity index (χ0v) is 9.95. The van der Waals surface area contributed by atoms with Gasteiger partial charge in [-0.3, -0.25) is 0 Å². The van der Waals surface area contributed by atoms with Crippen LogP contribution in [0.5, 0.6) is 0 Å². The molecule has 0 radical (unpaired) electrons. The molecule has 1 aromatic carbocycles. The number of aliphatic hydroxyl groups excluding tert-OH is 1. The van der Waals surface area contributed by atoms with Crippen LogP contribution < -0.4 is 5.32 Å². The first-order valence-electron chi connectivity index (χ1n) is 5.44. The molecule has 2 unspecified atom stereocenters. The molecule has 2 N–H and O–H groups in total. The van der Waals surface area contributed by atoms with E-state index in [9.17, 15) is 5.11 Å². The van der Waals surface area contributed by atoms with Crippen LogP contribution in [0.3, 0.4) is 0 Å². The summed E-state index contributed by atoms with van der Waals surface area (Å²) in [5.41, 5.74) is 1.16. The first kappa shape index (κ1) is 11.9. The highest BCUT2D eigenvalue weighted by molar-refractivity contribution is 6.30. The second-order valence-electron chi connectivity index (χ2n) is 4.15. The van der Waals surface area contributed by atoms with Crippen LogP contribution in [0.1, 0.15) is 18.5 Å². The van der Waals surface area contributed by atoms with Crippen molar-refractivity contribution in [2.75, 3.05) is 13.2 Å². The third-order valence-corrected chi connectivity index (χ3v) is 3.14. The first-order valence-corrected chi connectivity index (χ1v) is 5.82. The highest BCUT2D eigenvalue weighted by Crippen LogP contribution is 2.18. The molecule has 2 rings (SSSR count). The maximum Gasteiger partial charge on any atom is 0.0948 e. The average molecular weight is 242 g/mol. The standard InChI is InChI=1S/C12H16ClNO2/c1-8(9-2-4-10(13)5-3-9)14-11-6-16-7-12(11)15/h2-5,8,11-12,14-15H,6-7H2,1H3/t8-,11?,12?/m0/s1. The summed E-state index contributed by atoms with van der Waals surface area (Å²) in [4.78, 5) is 0. The smallest absolute Gasteiger partial charge is 0.0948 e. The Morgan fingerprint density at radius 2 is 2.06 bits per heavy atom. The Bertz CT molecular complexity index is 341. The number of benzene rings is 1. The zero-order valence-electron chi connectivity index (χ0n) is 9.19. The minimum absolute atomic E-state index is 0.0191. The second kappa shape index (κ2) is 5.15. The Hall–Kier alpha value is -0.610. The van der Waals surface area contributed by atoms with Crippen molar-refractivity contribution in [1.82, 2.24) is 5.32 Å². The lowest BCUT2D eigenvalue weighted by Gasteiger charge is -2.21. The van der Waals surface area contributed by atoms with Crippen LogP contribution in [0, 0.1) is 0 Å². The number of hydrogen-bond donors (Lipinski definition) is 2. The summed E-state index contributed by atoms with van der Waals surface area (Å²) in [5.74, 6) is 0. The predicted molar refractivity (Wildman–Crippen MR) is 63.6 cm³/mol. The number of ether oxygens (including phenoxy) is 1. The molecule has 0 saturated carbocycles. The van der Waals surface area contributed by atoms with Gasteiger partial charge in [0.25, 0.3) is 0 Å². The fourth-order valence-electron chi connectivity index (χ4n) is 1.87. The number of halogens is 1. The van der Waals surface area contributed by atoms with E-state index in [1.54, 1.807) is 0 Å². The van der Waals surface area contributed by atoms with Crippen LogP contribution in [0.25, 0.3) is 0 Å². The quantitative estimate of drug-likeness (QED) is 0.847. The second-order valence-corrected chi connectivity index (χ2v) is 4.59. The monoisotopic (exact) mass is 241 g/mol. The van der Waals surface area contributed by atoms with Gasteiger partial charge in [-0.1, -0.05) is 23.7 Å². The van der Waals surface area contributed by atoms with Gasteiger partial charge in [0.2, 0.25) is 0 Å². The summed E-state index contributed by atoms with van der Waals surface area (Å²) in [5, 5.41) is 13.7. The fourth-order valence-corrected chi connectivity index (χ4v) is 2.00. The van der Waals surface area contributed by atoms with E-state index < -0.39 is 6.10 Å². The Labute approximate surface area is 100 Å². The summed E-state index contributed by atoms with van der Waals surface area (Å²) in [6, 6.07) is 7.92. The van der Waals surface area contributed by atoms with Gasteiger partial charge in [0.1, 0.15) is 0 Å². The van der Waals surface area contributed by atoms with Crippen molar-refractivity contribution < 1.29 is 9.84 Å². The summed E-state index contributed by atoms with van der Waals surface area (Å²) >= 11 is 5.83. The van der Waals surface area contributed by atoms with E-state index in [1.807, 2.05) is 24.3 Å². The van der Waals surface area contributed by atoms with Crippen molar-refractivity contribution in [3.05, 3.63) is 34.9 Å². The van der Waals surface area contributed by atoms with Crippen LogP contribution in [0.4, 0.5) is 0 Å². The minimum atomic E-state index is -0.408. The van der Waals surface area contributed by atoms with E-state index in [0.29, 0.717) is 13.2 Å². The summed E-state index contributed by atoms with van der Waals surface area (Å²) < 4.78 is 5.19. The Balaban J connectivity index is 1.97. The molecule has 1 aromatic rings. The lowest BCUT2D eigenvalue weighted by molar-refractivity contribution is 0.121. The average Bonchev–Trinajstić information content (AvgIpc) is 2.65. The van der Waals surface area contributed by atoms with Crippen LogP contribution >= 0.6 is 11.6 Å². The number of rotatable bonds is 3. The number of aliphatic hydroxyl groups is 1. The van der Waals surface area contributed by atoms with Gasteiger partial charge in [0, 0.05) is 11.1 Å². The molecule has 0 aromatic heterocycles. The molecule has 4 heteroatoms. The molecule has 0 aliphatic carbocycles. The molecule has 1 fully saturated rings. The SMILES string of the molecule is C[C@H](NC1COCC1O)c1ccc(Cl)cc1. The van der Waals surface area contributed by atoms with Crippen LogP contribution in [0.15, 0.2) is 24.3 Å². The normalized spacial score (nSPS) is 26.9. The Kier molecular flexibility index (Phi) is 3.82. The molecule has 1 heterocycles. The maximum atomic E-state index is 9.62. The van der Waals surface area contributed by atoms with Crippen molar-refractivity contribution >= 4 is 11.6 Å². The summed E-state index contributed by atoms with van der Waals surface area (Å²) in [6.07, 6.45) is -0.408. The lowest BCUT2D eigenvalue weighted by atomic mass is 10.1. The van der Waals surface area contributed by atoms with Gasteiger partial charge >= 0.3 is 0 Å². The zero-order chi connectivity index (χ0) is 11.5. The molecule has 1 saturated heterocycles. The molecule has 0 spiro atoms. The third kappa shape index (κ3) is 2.74. The molecule has 0 amide bonds. The van der Waals surface area contributed by atoms with Crippen molar-refractivity contribution in [2.24, 2.45) is 0 Å². The number of hydrogen-bond acceptors (Lipinski definition) is 3. The molecule has 1 aliphatic heterocycles. The fraction of sp³-hybridized carbons (Fsp3) is 0.500. The van der Waals surface area contributed by atoms with Crippen molar-refractivity contribution in [1.29, 1.82) is 0 Å². The van der Waals surface area contributed by atoms with E-state index in [0.717, 1.165) is 10.6 Å². The van der Waals surface area contributed by atoms with Gasteiger partial charge in [0.05, 0.1) is 25.4 Å². The topological polar surface area (TPSA) is 41.5 Å². The van der Waals surface area contributed by atoms with Gasteiger partial charge < -0.3 is 15.2 Å². The van der Waals surface area contributed by atoms with Crippen molar-refractivity contribution in [3.8, 4) is 0 Å². The lowest BCUT2D eigenvalue weighted by Crippen LogP contribution is -2.40. The summed E-state index contributed by atoms with van der Waals surface area (Å²) in [6.45, 7) is 3.05. The molecular formula is C12H16ClNO2. The first-order chi connectivity index (χ1) is 7.66.